The number of amides is 1. The molecule has 4 nitrogen and oxygen atoms in total. The number of nitrogens with one attached hydrogen (secondary N) is 1. The number of halogens is 1. The summed E-state index contributed by atoms with van der Waals surface area (Å²) in [6.07, 6.45) is 5.73. The second kappa shape index (κ2) is 4.23. The minimum absolute atomic E-state index is 0.0806. The first kappa shape index (κ1) is 11.4. The number of carbonyl (C=O) groups is 1. The van der Waals surface area contributed by atoms with Gasteiger partial charge in [-0.1, -0.05) is 6.42 Å². The minimum Gasteiger partial charge on any atom is -0.383 e. The van der Waals surface area contributed by atoms with Crippen LogP contribution in [0.25, 0.3) is 0 Å². The molecular formula is C13H16FN3O. The maximum absolute atomic E-state index is 13.1. The summed E-state index contributed by atoms with van der Waals surface area (Å²) in [5.74, 6) is 0.571. The van der Waals surface area contributed by atoms with Crippen LogP contribution in [0, 0.1) is 17.7 Å². The Labute approximate surface area is 105 Å². The topological polar surface area (TPSA) is 68.0 Å². The molecule has 1 aromatic heterocycles. The first-order valence-corrected chi connectivity index (χ1v) is 6.35. The average molecular weight is 249 g/mol. The van der Waals surface area contributed by atoms with Crippen LogP contribution < -0.4 is 11.1 Å². The van der Waals surface area contributed by atoms with Crippen molar-refractivity contribution >= 4 is 11.7 Å². The van der Waals surface area contributed by atoms with Crippen LogP contribution in [-0.4, -0.2) is 16.9 Å². The van der Waals surface area contributed by atoms with Crippen LogP contribution >= 0.6 is 0 Å². The summed E-state index contributed by atoms with van der Waals surface area (Å²) in [5.41, 5.74) is 5.74. The number of aromatic nitrogens is 1. The number of rotatable bonds is 2. The number of nitrogens with two attached hydrogens (primary N) is 1. The fourth-order valence-corrected chi connectivity index (χ4v) is 3.30. The van der Waals surface area contributed by atoms with E-state index in [-0.39, 0.29) is 23.3 Å². The summed E-state index contributed by atoms with van der Waals surface area (Å²) < 4.78 is 13.1. The van der Waals surface area contributed by atoms with Crippen LogP contribution in [0.15, 0.2) is 12.3 Å². The van der Waals surface area contributed by atoms with Crippen LogP contribution in [0.4, 0.5) is 10.2 Å². The lowest BCUT2D eigenvalue weighted by Crippen LogP contribution is -2.38. The van der Waals surface area contributed by atoms with Crippen molar-refractivity contribution in [1.29, 1.82) is 0 Å². The van der Waals surface area contributed by atoms with Gasteiger partial charge in [-0.2, -0.15) is 0 Å². The number of fused-ring (bicyclic) bond motifs is 2. The number of pyridine rings is 1. The fraction of sp³-hybridized carbons (Fsp3) is 0.538. The van der Waals surface area contributed by atoms with Gasteiger partial charge in [0.15, 0.2) is 0 Å². The van der Waals surface area contributed by atoms with Gasteiger partial charge < -0.3 is 11.1 Å². The largest absolute Gasteiger partial charge is 0.383 e. The maximum atomic E-state index is 13.1. The quantitative estimate of drug-likeness (QED) is 0.838. The normalized spacial score (nSPS) is 29.5. The third kappa shape index (κ3) is 1.94. The Morgan fingerprint density at radius 2 is 2.28 bits per heavy atom. The third-order valence-corrected chi connectivity index (χ3v) is 4.18. The van der Waals surface area contributed by atoms with E-state index in [1.54, 1.807) is 0 Å². The highest BCUT2D eigenvalue weighted by molar-refractivity contribution is 5.98. The summed E-state index contributed by atoms with van der Waals surface area (Å²) in [5, 5.41) is 2.97. The first-order chi connectivity index (χ1) is 8.63. The monoisotopic (exact) mass is 249 g/mol. The SMILES string of the molecule is Nc1ncc(F)cc1C(=O)NC1CC2CCC1C2. The summed E-state index contributed by atoms with van der Waals surface area (Å²) in [7, 11) is 0. The molecule has 0 saturated heterocycles. The molecule has 3 unspecified atom stereocenters. The van der Waals surface area contributed by atoms with E-state index in [0.717, 1.165) is 24.6 Å². The maximum Gasteiger partial charge on any atom is 0.255 e. The van der Waals surface area contributed by atoms with Crippen LogP contribution in [0.5, 0.6) is 0 Å². The van der Waals surface area contributed by atoms with Gasteiger partial charge in [-0.15, -0.1) is 0 Å². The van der Waals surface area contributed by atoms with Crippen molar-refractivity contribution in [3.8, 4) is 0 Å². The second-order valence-corrected chi connectivity index (χ2v) is 5.34. The van der Waals surface area contributed by atoms with Crippen molar-refractivity contribution in [1.82, 2.24) is 10.3 Å². The lowest BCUT2D eigenvalue weighted by Gasteiger charge is -2.23. The van der Waals surface area contributed by atoms with Crippen molar-refractivity contribution in [2.45, 2.75) is 31.7 Å². The highest BCUT2D eigenvalue weighted by Crippen LogP contribution is 2.44. The van der Waals surface area contributed by atoms with Gasteiger partial charge in [0.05, 0.1) is 11.8 Å². The lowest BCUT2D eigenvalue weighted by molar-refractivity contribution is 0.0923. The van der Waals surface area contributed by atoms with E-state index in [1.165, 1.54) is 19.3 Å². The predicted molar refractivity (Wildman–Crippen MR) is 65.3 cm³/mol. The second-order valence-electron chi connectivity index (χ2n) is 5.34. The van der Waals surface area contributed by atoms with Gasteiger partial charge in [0.25, 0.3) is 5.91 Å². The number of hydrogen-bond acceptors (Lipinski definition) is 3. The van der Waals surface area contributed by atoms with E-state index in [1.807, 2.05) is 0 Å². The van der Waals surface area contributed by atoms with Crippen LogP contribution in [-0.2, 0) is 0 Å². The molecule has 1 amide bonds. The highest BCUT2D eigenvalue weighted by Gasteiger charge is 2.40. The molecule has 3 N–H and O–H groups in total. The first-order valence-electron chi connectivity index (χ1n) is 6.35. The van der Waals surface area contributed by atoms with Crippen molar-refractivity contribution in [3.05, 3.63) is 23.6 Å². The van der Waals surface area contributed by atoms with Gasteiger partial charge in [0, 0.05) is 6.04 Å². The molecule has 0 aliphatic heterocycles. The number of anilines is 1. The molecule has 3 atom stereocenters. The standard InChI is InChI=1S/C13H16FN3O/c14-9-5-10(12(15)16-6-9)13(18)17-11-4-7-1-2-8(11)3-7/h5-8,11H,1-4H2,(H2,15,16)(H,17,18). The van der Waals surface area contributed by atoms with Gasteiger partial charge in [0.1, 0.15) is 11.6 Å². The molecule has 18 heavy (non-hydrogen) atoms. The Bertz CT molecular complexity index is 491. The number of nitrogens with zero attached hydrogens (tertiary/aromatic N) is 1. The highest BCUT2D eigenvalue weighted by atomic mass is 19.1. The lowest BCUT2D eigenvalue weighted by atomic mass is 9.95. The van der Waals surface area contributed by atoms with Crippen LogP contribution in [0.1, 0.15) is 36.0 Å². The Hall–Kier alpha value is -1.65. The zero-order chi connectivity index (χ0) is 12.7. The van der Waals surface area contributed by atoms with E-state index in [9.17, 15) is 9.18 Å². The number of hydrogen-bond donors (Lipinski definition) is 2. The van der Waals surface area contributed by atoms with E-state index < -0.39 is 5.82 Å². The molecule has 2 aliphatic rings. The Morgan fingerprint density at radius 3 is 2.94 bits per heavy atom. The van der Waals surface area contributed by atoms with Crippen molar-refractivity contribution in [3.63, 3.8) is 0 Å². The number of nitrogen functional groups attached to an aromatic ring is 1. The van der Waals surface area contributed by atoms with E-state index in [0.29, 0.717) is 5.92 Å². The molecular weight excluding hydrogens is 233 g/mol. The molecule has 96 valence electrons. The molecule has 0 spiro atoms. The molecule has 2 aliphatic carbocycles. The summed E-state index contributed by atoms with van der Waals surface area (Å²) >= 11 is 0. The molecule has 2 saturated carbocycles. The number of carbonyl (C=O) groups excluding carboxylic acids is 1. The summed E-state index contributed by atoms with van der Waals surface area (Å²) in [6, 6.07) is 1.36. The molecule has 3 rings (SSSR count). The molecule has 0 aromatic carbocycles. The zero-order valence-corrected chi connectivity index (χ0v) is 10.0. The zero-order valence-electron chi connectivity index (χ0n) is 10.0. The van der Waals surface area contributed by atoms with Crippen molar-refractivity contribution < 1.29 is 9.18 Å². The smallest absolute Gasteiger partial charge is 0.255 e. The van der Waals surface area contributed by atoms with E-state index >= 15 is 0 Å². The van der Waals surface area contributed by atoms with Gasteiger partial charge >= 0.3 is 0 Å². The molecule has 5 heteroatoms. The Balaban J connectivity index is 1.73. The fourth-order valence-electron chi connectivity index (χ4n) is 3.30. The Morgan fingerprint density at radius 1 is 1.44 bits per heavy atom. The summed E-state index contributed by atoms with van der Waals surface area (Å²) in [6.45, 7) is 0. The predicted octanol–water partition coefficient (Wildman–Crippen LogP) is 1.72. The molecule has 2 fully saturated rings. The average Bonchev–Trinajstić information content (AvgIpc) is 2.94. The van der Waals surface area contributed by atoms with Gasteiger partial charge in [-0.25, -0.2) is 9.37 Å². The molecule has 1 heterocycles. The van der Waals surface area contributed by atoms with Gasteiger partial charge in [0.2, 0.25) is 0 Å². The third-order valence-electron chi connectivity index (χ3n) is 4.18. The van der Waals surface area contributed by atoms with Gasteiger partial charge in [-0.3, -0.25) is 4.79 Å². The Kier molecular flexibility index (Phi) is 2.69. The van der Waals surface area contributed by atoms with E-state index in [2.05, 4.69) is 10.3 Å². The van der Waals surface area contributed by atoms with Crippen molar-refractivity contribution in [2.75, 3.05) is 5.73 Å². The van der Waals surface area contributed by atoms with Crippen molar-refractivity contribution in [2.24, 2.45) is 11.8 Å². The molecule has 2 bridgehead atoms. The van der Waals surface area contributed by atoms with Gasteiger partial charge in [-0.05, 0) is 37.2 Å². The molecule has 0 radical (unpaired) electrons. The molecule has 1 aromatic rings. The van der Waals surface area contributed by atoms with Crippen LogP contribution in [0.2, 0.25) is 0 Å². The van der Waals surface area contributed by atoms with E-state index in [4.69, 9.17) is 5.73 Å². The van der Waals surface area contributed by atoms with Crippen LogP contribution in [0.3, 0.4) is 0 Å². The summed E-state index contributed by atoms with van der Waals surface area (Å²) in [4.78, 5) is 15.7. The minimum atomic E-state index is -0.540.